The summed E-state index contributed by atoms with van der Waals surface area (Å²) in [4.78, 5) is 0. The number of hydrogen-bond acceptors (Lipinski definition) is 2. The highest BCUT2D eigenvalue weighted by Crippen LogP contribution is 2.22. The van der Waals surface area contributed by atoms with Crippen LogP contribution in [0.15, 0.2) is 78.9 Å². The molecule has 2 heteroatoms. The van der Waals surface area contributed by atoms with Crippen molar-refractivity contribution in [2.24, 2.45) is 0 Å². The van der Waals surface area contributed by atoms with Crippen LogP contribution in [0.25, 0.3) is 10.8 Å². The summed E-state index contributed by atoms with van der Waals surface area (Å²) in [6.45, 7) is 0. The number of benzene rings is 4. The molecule has 0 N–H and O–H groups in total. The molecular formula is C30H20O2. The number of rotatable bonds is 2. The fourth-order valence-corrected chi connectivity index (χ4v) is 3.29. The Morgan fingerprint density at radius 3 is 1.66 bits per heavy atom. The molecule has 0 heterocycles. The Bertz CT molecular complexity index is 1440. The second kappa shape index (κ2) is 9.49. The molecule has 0 saturated heterocycles. The summed E-state index contributed by atoms with van der Waals surface area (Å²) in [6, 6.07) is 25.7. The number of terminal acetylenes is 1. The van der Waals surface area contributed by atoms with E-state index in [9.17, 15) is 0 Å². The van der Waals surface area contributed by atoms with Crippen LogP contribution in [-0.4, -0.2) is 14.2 Å². The Labute approximate surface area is 188 Å². The first kappa shape index (κ1) is 20.7. The molecular weight excluding hydrogens is 392 g/mol. The fraction of sp³-hybridized carbons (Fsp3) is 0.0667. The van der Waals surface area contributed by atoms with Crippen LogP contribution < -0.4 is 9.47 Å². The van der Waals surface area contributed by atoms with Gasteiger partial charge in [0, 0.05) is 33.9 Å². The Balaban J connectivity index is 1.67. The van der Waals surface area contributed by atoms with E-state index < -0.39 is 0 Å². The van der Waals surface area contributed by atoms with E-state index in [1.807, 2.05) is 54.6 Å². The highest BCUT2D eigenvalue weighted by atomic mass is 16.5. The zero-order chi connectivity index (χ0) is 22.3. The van der Waals surface area contributed by atoms with Crippen LogP contribution in [0.3, 0.4) is 0 Å². The fourth-order valence-electron chi connectivity index (χ4n) is 3.29. The molecule has 0 spiro atoms. The van der Waals surface area contributed by atoms with Crippen molar-refractivity contribution in [3.63, 3.8) is 0 Å². The molecule has 2 nitrogen and oxygen atoms in total. The molecule has 0 bridgehead atoms. The first-order chi connectivity index (χ1) is 15.7. The molecule has 0 saturated carbocycles. The lowest BCUT2D eigenvalue weighted by atomic mass is 10.0. The molecule has 32 heavy (non-hydrogen) atoms. The van der Waals surface area contributed by atoms with E-state index in [4.69, 9.17) is 15.9 Å². The molecule has 0 radical (unpaired) electrons. The van der Waals surface area contributed by atoms with Crippen molar-refractivity contribution in [1.29, 1.82) is 0 Å². The molecule has 152 valence electrons. The van der Waals surface area contributed by atoms with Crippen LogP contribution in [0.2, 0.25) is 0 Å². The minimum atomic E-state index is 0.688. The summed E-state index contributed by atoms with van der Waals surface area (Å²) in [7, 11) is 3.23. The van der Waals surface area contributed by atoms with E-state index in [-0.39, 0.29) is 0 Å². The zero-order valence-electron chi connectivity index (χ0n) is 17.9. The molecule has 0 amide bonds. The highest BCUT2D eigenvalue weighted by molar-refractivity contribution is 5.83. The molecule has 0 aliphatic heterocycles. The average Bonchev–Trinajstić information content (AvgIpc) is 2.85. The summed E-state index contributed by atoms with van der Waals surface area (Å²) in [5, 5.41) is 2.36. The van der Waals surface area contributed by atoms with Crippen LogP contribution in [0.4, 0.5) is 0 Å². The third kappa shape index (κ3) is 4.94. The minimum absolute atomic E-state index is 0.688. The Hall–Kier alpha value is -4.58. The van der Waals surface area contributed by atoms with Gasteiger partial charge in [0.2, 0.25) is 0 Å². The maximum atomic E-state index is 5.66. The van der Waals surface area contributed by atoms with Crippen molar-refractivity contribution >= 4 is 10.8 Å². The maximum Gasteiger partial charge on any atom is 0.123 e. The summed E-state index contributed by atoms with van der Waals surface area (Å²) >= 11 is 0. The van der Waals surface area contributed by atoms with E-state index in [0.29, 0.717) is 11.5 Å². The molecule has 0 aliphatic carbocycles. The quantitative estimate of drug-likeness (QED) is 0.397. The van der Waals surface area contributed by atoms with Crippen LogP contribution in [0.1, 0.15) is 27.8 Å². The predicted octanol–water partition coefficient (Wildman–Crippen LogP) is 5.64. The first-order valence-electron chi connectivity index (χ1n) is 10.0. The van der Waals surface area contributed by atoms with Gasteiger partial charge >= 0.3 is 0 Å². The van der Waals surface area contributed by atoms with Gasteiger partial charge in [0.05, 0.1) is 14.2 Å². The van der Waals surface area contributed by atoms with Gasteiger partial charge in [-0.15, -0.1) is 6.42 Å². The third-order valence-corrected chi connectivity index (χ3v) is 4.90. The van der Waals surface area contributed by atoms with Gasteiger partial charge in [-0.25, -0.2) is 0 Å². The van der Waals surface area contributed by atoms with Crippen molar-refractivity contribution in [2.45, 2.75) is 0 Å². The van der Waals surface area contributed by atoms with E-state index in [1.165, 1.54) is 5.39 Å². The smallest absolute Gasteiger partial charge is 0.123 e. The minimum Gasteiger partial charge on any atom is -0.497 e. The SMILES string of the molecule is C#Cc1cc(C#Cc2cc(OC)cc(OC)c2)cc(C#Cc2ccc3ccccc3c2)c1. The van der Waals surface area contributed by atoms with Crippen molar-refractivity contribution in [3.05, 3.63) is 107 Å². The first-order valence-corrected chi connectivity index (χ1v) is 10.0. The van der Waals surface area contributed by atoms with Gasteiger partial charge in [0.15, 0.2) is 0 Å². The van der Waals surface area contributed by atoms with Gasteiger partial charge in [0.1, 0.15) is 11.5 Å². The predicted molar refractivity (Wildman–Crippen MR) is 130 cm³/mol. The Kier molecular flexibility index (Phi) is 6.13. The van der Waals surface area contributed by atoms with Crippen molar-refractivity contribution < 1.29 is 9.47 Å². The van der Waals surface area contributed by atoms with Crippen LogP contribution in [0.5, 0.6) is 11.5 Å². The summed E-state index contributed by atoms with van der Waals surface area (Å²) < 4.78 is 10.6. The second-order valence-corrected chi connectivity index (χ2v) is 7.11. The number of ether oxygens (including phenoxy) is 2. The van der Waals surface area contributed by atoms with Crippen molar-refractivity contribution in [1.82, 2.24) is 0 Å². The zero-order valence-corrected chi connectivity index (χ0v) is 17.9. The van der Waals surface area contributed by atoms with Gasteiger partial charge in [-0.1, -0.05) is 59.9 Å². The molecule has 0 aliphatic rings. The van der Waals surface area contributed by atoms with E-state index in [2.05, 4.69) is 53.9 Å². The lowest BCUT2D eigenvalue weighted by Gasteiger charge is -2.04. The summed E-state index contributed by atoms with van der Waals surface area (Å²) in [6.07, 6.45) is 5.66. The maximum absolute atomic E-state index is 5.66. The van der Waals surface area contributed by atoms with Gasteiger partial charge in [-0.2, -0.15) is 0 Å². The lowest BCUT2D eigenvalue weighted by Crippen LogP contribution is -1.89. The third-order valence-electron chi connectivity index (χ3n) is 4.90. The molecule has 4 aromatic carbocycles. The molecule has 0 fully saturated rings. The van der Waals surface area contributed by atoms with Crippen LogP contribution in [-0.2, 0) is 0 Å². The monoisotopic (exact) mass is 412 g/mol. The van der Waals surface area contributed by atoms with Gasteiger partial charge < -0.3 is 9.47 Å². The van der Waals surface area contributed by atoms with Crippen LogP contribution >= 0.6 is 0 Å². The Morgan fingerprint density at radius 1 is 0.531 bits per heavy atom. The normalized spacial score (nSPS) is 9.66. The molecule has 4 aromatic rings. The largest absolute Gasteiger partial charge is 0.497 e. The molecule has 0 unspecified atom stereocenters. The van der Waals surface area contributed by atoms with E-state index >= 15 is 0 Å². The molecule has 0 atom stereocenters. The number of hydrogen-bond donors (Lipinski definition) is 0. The summed E-state index contributed by atoms with van der Waals surface area (Å²) in [5.74, 6) is 16.9. The molecule has 0 aromatic heterocycles. The lowest BCUT2D eigenvalue weighted by molar-refractivity contribution is 0.394. The average molecular weight is 412 g/mol. The van der Waals surface area contributed by atoms with Gasteiger partial charge in [-0.05, 0) is 53.2 Å². The van der Waals surface area contributed by atoms with Crippen molar-refractivity contribution in [3.8, 4) is 47.5 Å². The number of fused-ring (bicyclic) bond motifs is 1. The highest BCUT2D eigenvalue weighted by Gasteiger charge is 2.01. The molecule has 4 rings (SSSR count). The topological polar surface area (TPSA) is 18.5 Å². The summed E-state index contributed by atoms with van der Waals surface area (Å²) in [5.41, 5.74) is 4.09. The van der Waals surface area contributed by atoms with E-state index in [0.717, 1.165) is 33.2 Å². The van der Waals surface area contributed by atoms with Gasteiger partial charge in [-0.3, -0.25) is 0 Å². The van der Waals surface area contributed by atoms with Crippen molar-refractivity contribution in [2.75, 3.05) is 14.2 Å². The van der Waals surface area contributed by atoms with E-state index in [1.54, 1.807) is 14.2 Å². The Morgan fingerprint density at radius 2 is 1.06 bits per heavy atom. The second-order valence-electron chi connectivity index (χ2n) is 7.11. The standard InChI is InChI=1S/C30H20O2/c1-4-22-15-24(10-9-23-13-14-27-7-5-6-8-28(27)18-23)17-25(16-22)11-12-26-19-29(31-2)21-30(20-26)32-3/h1,5-8,13-21H,2-3H3. The van der Waals surface area contributed by atoms with Gasteiger partial charge in [0.25, 0.3) is 0 Å². The van der Waals surface area contributed by atoms with Crippen LogP contribution in [0, 0.1) is 36.0 Å². The number of methoxy groups -OCH3 is 2.